The predicted octanol–water partition coefficient (Wildman–Crippen LogP) is 6.08. The number of anilines is 1. The van der Waals surface area contributed by atoms with Crippen LogP contribution in [0.1, 0.15) is 12.5 Å². The van der Waals surface area contributed by atoms with Crippen molar-refractivity contribution in [3.8, 4) is 11.5 Å². The summed E-state index contributed by atoms with van der Waals surface area (Å²) in [6.45, 7) is 2.36. The molecule has 39 heavy (non-hydrogen) atoms. The second kappa shape index (κ2) is 13.6. The van der Waals surface area contributed by atoms with Crippen molar-refractivity contribution >= 4 is 58.6 Å². The van der Waals surface area contributed by atoms with Gasteiger partial charge in [-0.2, -0.15) is 0 Å². The molecule has 0 radical (unpaired) electrons. The van der Waals surface area contributed by atoms with Crippen LogP contribution in [0.15, 0.2) is 71.6 Å². The molecule has 0 fully saturated rings. The third-order valence-corrected chi connectivity index (χ3v) is 7.26. The molecule has 2 amide bonds. The Morgan fingerprint density at radius 2 is 1.82 bits per heavy atom. The number of fused-ring (bicyclic) bond motifs is 1. The third kappa shape index (κ3) is 7.81. The third-order valence-electron chi connectivity index (χ3n) is 5.66. The fraction of sp³-hybridized carbons (Fsp3) is 0.250. The molecule has 0 bridgehead atoms. The number of hydrogen-bond donors (Lipinski definition) is 0. The number of hydrogen-bond acceptors (Lipinski definition) is 7. The van der Waals surface area contributed by atoms with Crippen molar-refractivity contribution < 1.29 is 28.6 Å². The second-order valence-corrected chi connectivity index (χ2v) is 10.3. The van der Waals surface area contributed by atoms with Crippen LogP contribution in [0.25, 0.3) is 0 Å². The summed E-state index contributed by atoms with van der Waals surface area (Å²) in [6, 6.07) is 19.4. The van der Waals surface area contributed by atoms with Crippen molar-refractivity contribution in [3.05, 3.63) is 82.3 Å². The lowest BCUT2D eigenvalue weighted by Crippen LogP contribution is -2.38. The SMILES string of the molecule is CCOC(=O)CN(Cc1ccc(OCCN2C(=O)CSc3ccccc32)cc1)C(=O)Oc1cc(Cl)ccc1Cl. The highest BCUT2D eigenvalue weighted by Crippen LogP contribution is 2.34. The molecule has 204 valence electrons. The van der Waals surface area contributed by atoms with Gasteiger partial charge in [0, 0.05) is 22.5 Å². The molecule has 3 aromatic rings. The van der Waals surface area contributed by atoms with Crippen LogP contribution in [0.4, 0.5) is 10.5 Å². The minimum absolute atomic E-state index is 0.0466. The van der Waals surface area contributed by atoms with E-state index in [1.54, 1.807) is 42.2 Å². The zero-order valence-corrected chi connectivity index (χ0v) is 23.4. The molecule has 3 aromatic carbocycles. The zero-order valence-electron chi connectivity index (χ0n) is 21.1. The van der Waals surface area contributed by atoms with E-state index in [0.717, 1.165) is 16.1 Å². The topological polar surface area (TPSA) is 85.4 Å². The molecule has 0 N–H and O–H groups in total. The van der Waals surface area contributed by atoms with Crippen molar-refractivity contribution in [2.75, 3.05) is 37.0 Å². The lowest BCUT2D eigenvalue weighted by atomic mass is 10.2. The molecule has 8 nitrogen and oxygen atoms in total. The Bertz CT molecular complexity index is 1340. The van der Waals surface area contributed by atoms with Gasteiger partial charge >= 0.3 is 12.1 Å². The summed E-state index contributed by atoms with van der Waals surface area (Å²) in [7, 11) is 0. The number of halogens is 2. The van der Waals surface area contributed by atoms with Gasteiger partial charge in [0.25, 0.3) is 0 Å². The molecule has 0 spiro atoms. The minimum atomic E-state index is -0.780. The maximum absolute atomic E-state index is 12.9. The van der Waals surface area contributed by atoms with E-state index in [1.807, 2.05) is 24.3 Å². The van der Waals surface area contributed by atoms with Crippen LogP contribution < -0.4 is 14.4 Å². The largest absolute Gasteiger partial charge is 0.492 e. The van der Waals surface area contributed by atoms with Gasteiger partial charge in [0.15, 0.2) is 5.75 Å². The maximum atomic E-state index is 12.9. The number of amides is 2. The second-order valence-electron chi connectivity index (χ2n) is 8.40. The van der Waals surface area contributed by atoms with E-state index in [1.165, 1.54) is 28.8 Å². The number of carbonyl (C=O) groups is 3. The molecule has 0 saturated heterocycles. The monoisotopic (exact) mass is 588 g/mol. The first-order chi connectivity index (χ1) is 18.8. The van der Waals surface area contributed by atoms with E-state index in [4.69, 9.17) is 37.4 Å². The minimum Gasteiger partial charge on any atom is -0.492 e. The van der Waals surface area contributed by atoms with Crippen molar-refractivity contribution in [1.82, 2.24) is 4.90 Å². The highest BCUT2D eigenvalue weighted by molar-refractivity contribution is 8.00. The van der Waals surface area contributed by atoms with Crippen LogP contribution in [-0.2, 0) is 20.9 Å². The van der Waals surface area contributed by atoms with Gasteiger partial charge in [-0.05, 0) is 48.9 Å². The van der Waals surface area contributed by atoms with E-state index in [2.05, 4.69) is 0 Å². The summed E-state index contributed by atoms with van der Waals surface area (Å²) in [4.78, 5) is 41.5. The van der Waals surface area contributed by atoms with Gasteiger partial charge in [-0.1, -0.05) is 47.5 Å². The average molecular weight is 589 g/mol. The molecule has 0 atom stereocenters. The lowest BCUT2D eigenvalue weighted by Gasteiger charge is -2.28. The fourth-order valence-electron chi connectivity index (χ4n) is 3.83. The van der Waals surface area contributed by atoms with Gasteiger partial charge in [0.1, 0.15) is 18.9 Å². The first kappa shape index (κ1) is 28.6. The smallest absolute Gasteiger partial charge is 0.416 e. The van der Waals surface area contributed by atoms with Gasteiger partial charge in [-0.25, -0.2) is 4.79 Å². The van der Waals surface area contributed by atoms with E-state index in [-0.39, 0.29) is 36.4 Å². The van der Waals surface area contributed by atoms with Crippen LogP contribution in [0.2, 0.25) is 10.0 Å². The lowest BCUT2D eigenvalue weighted by molar-refractivity contribution is -0.144. The summed E-state index contributed by atoms with van der Waals surface area (Å²) in [6.07, 6.45) is -0.780. The van der Waals surface area contributed by atoms with E-state index >= 15 is 0 Å². The summed E-state index contributed by atoms with van der Waals surface area (Å²) >= 11 is 13.6. The highest BCUT2D eigenvalue weighted by atomic mass is 35.5. The van der Waals surface area contributed by atoms with Crippen molar-refractivity contribution in [3.63, 3.8) is 0 Å². The molecule has 11 heteroatoms. The Kier molecular flexibility index (Phi) is 9.97. The number of para-hydroxylation sites is 1. The van der Waals surface area contributed by atoms with Crippen LogP contribution in [0.5, 0.6) is 11.5 Å². The number of carbonyl (C=O) groups excluding carboxylic acids is 3. The number of ether oxygens (including phenoxy) is 3. The first-order valence-corrected chi connectivity index (χ1v) is 13.9. The normalized spacial score (nSPS) is 12.5. The van der Waals surface area contributed by atoms with E-state index in [0.29, 0.717) is 29.7 Å². The molecule has 4 rings (SSSR count). The Morgan fingerprint density at radius 1 is 1.05 bits per heavy atom. The van der Waals surface area contributed by atoms with Gasteiger partial charge in [0.05, 0.1) is 29.6 Å². The predicted molar refractivity (Wildman–Crippen MR) is 151 cm³/mol. The Hall–Kier alpha value is -3.40. The molecule has 1 aliphatic rings. The van der Waals surface area contributed by atoms with Crippen molar-refractivity contribution in [2.45, 2.75) is 18.4 Å². The van der Waals surface area contributed by atoms with Gasteiger partial charge < -0.3 is 19.1 Å². The van der Waals surface area contributed by atoms with Crippen molar-refractivity contribution in [2.24, 2.45) is 0 Å². The summed E-state index contributed by atoms with van der Waals surface area (Å²) in [5, 5.41) is 0.557. The number of esters is 1. The molecule has 0 unspecified atom stereocenters. The number of thioether (sulfide) groups is 1. The number of benzene rings is 3. The molecule has 0 saturated carbocycles. The number of nitrogens with zero attached hydrogens (tertiary/aromatic N) is 2. The highest BCUT2D eigenvalue weighted by Gasteiger charge is 2.24. The summed E-state index contributed by atoms with van der Waals surface area (Å²) in [5.41, 5.74) is 1.63. The zero-order chi connectivity index (χ0) is 27.8. The quantitative estimate of drug-likeness (QED) is 0.265. The molecule has 1 aliphatic heterocycles. The Balaban J connectivity index is 1.37. The first-order valence-electron chi connectivity index (χ1n) is 12.2. The van der Waals surface area contributed by atoms with Crippen LogP contribution >= 0.6 is 35.0 Å². The van der Waals surface area contributed by atoms with Crippen LogP contribution in [0.3, 0.4) is 0 Å². The molecule has 0 aliphatic carbocycles. The summed E-state index contributed by atoms with van der Waals surface area (Å²) in [5.74, 6) is 0.570. The van der Waals surface area contributed by atoms with E-state index in [9.17, 15) is 14.4 Å². The average Bonchev–Trinajstić information content (AvgIpc) is 2.92. The van der Waals surface area contributed by atoms with Gasteiger partial charge in [-0.3, -0.25) is 14.5 Å². The number of rotatable bonds is 10. The molecule has 0 aromatic heterocycles. The van der Waals surface area contributed by atoms with Crippen LogP contribution in [0, 0.1) is 0 Å². The fourth-order valence-corrected chi connectivity index (χ4v) is 5.08. The molecular formula is C28H26Cl2N2O6S. The molecular weight excluding hydrogens is 563 g/mol. The van der Waals surface area contributed by atoms with E-state index < -0.39 is 12.1 Å². The van der Waals surface area contributed by atoms with Gasteiger partial charge in [0.2, 0.25) is 5.91 Å². The van der Waals surface area contributed by atoms with Crippen LogP contribution in [-0.4, -0.2) is 54.9 Å². The standard InChI is InChI=1S/C28H26Cl2N2O6S/c1-2-36-27(34)17-31(28(35)38-24-15-20(29)9-12-22(24)30)16-19-7-10-21(11-8-19)37-14-13-32-23-5-3-4-6-25(23)39-18-26(32)33/h3-12,15H,2,13-14,16-18H2,1H3. The van der Waals surface area contributed by atoms with Crippen molar-refractivity contribution in [1.29, 1.82) is 0 Å². The molecule has 1 heterocycles. The maximum Gasteiger partial charge on any atom is 0.416 e. The van der Waals surface area contributed by atoms with Gasteiger partial charge in [-0.15, -0.1) is 11.8 Å². The Morgan fingerprint density at radius 3 is 2.59 bits per heavy atom. The Labute approximate surface area is 240 Å². The summed E-state index contributed by atoms with van der Waals surface area (Å²) < 4.78 is 16.3.